The predicted octanol–water partition coefficient (Wildman–Crippen LogP) is 4.64. The van der Waals surface area contributed by atoms with Crippen LogP contribution in [0.15, 0.2) is 57.9 Å². The molecular weight excluding hydrogens is 479 g/mol. The summed E-state index contributed by atoms with van der Waals surface area (Å²) in [5, 5.41) is 9.75. The number of likely N-dealkylation sites (N-methyl/N-ethyl adjacent to an activating group) is 2. The van der Waals surface area contributed by atoms with Gasteiger partial charge in [0, 0.05) is 42.3 Å². The standard InChI is InChI=1S/C23H22Cl2N6OS/c1-29(2)8-9-30(3)27-12-15-10-20(33-14-15)22-28-19-6-4-16(24)11-18(19)23(32)31(22)21-7-5-17(25)13-26-21/h4-7,10-14H,8-9H2,1-3H3. The third kappa shape index (κ3) is 5.42. The summed E-state index contributed by atoms with van der Waals surface area (Å²) in [6.07, 6.45) is 3.31. The van der Waals surface area contributed by atoms with Crippen molar-refractivity contribution in [1.82, 2.24) is 24.4 Å². The molecule has 3 heterocycles. The van der Waals surface area contributed by atoms with E-state index in [4.69, 9.17) is 28.2 Å². The maximum Gasteiger partial charge on any atom is 0.267 e. The highest BCUT2D eigenvalue weighted by Crippen LogP contribution is 2.28. The van der Waals surface area contributed by atoms with Gasteiger partial charge in [-0.05, 0) is 50.5 Å². The number of thiophene rings is 1. The molecule has 33 heavy (non-hydrogen) atoms. The first-order valence-corrected chi connectivity index (χ1v) is 11.8. The number of rotatable bonds is 7. The number of nitrogens with zero attached hydrogens (tertiary/aromatic N) is 6. The molecule has 0 saturated carbocycles. The Bertz CT molecular complexity index is 1360. The minimum absolute atomic E-state index is 0.251. The second-order valence-electron chi connectivity index (χ2n) is 7.75. The minimum Gasteiger partial charge on any atom is -0.308 e. The van der Waals surface area contributed by atoms with E-state index >= 15 is 0 Å². The highest BCUT2D eigenvalue weighted by molar-refractivity contribution is 7.13. The molecule has 170 valence electrons. The summed E-state index contributed by atoms with van der Waals surface area (Å²) in [6, 6.07) is 10.4. The van der Waals surface area contributed by atoms with Gasteiger partial charge in [0.15, 0.2) is 5.82 Å². The van der Waals surface area contributed by atoms with Crippen LogP contribution < -0.4 is 5.56 Å². The van der Waals surface area contributed by atoms with Crippen molar-refractivity contribution in [2.45, 2.75) is 0 Å². The van der Waals surface area contributed by atoms with E-state index in [9.17, 15) is 4.79 Å². The van der Waals surface area contributed by atoms with Crippen LogP contribution in [0.3, 0.4) is 0 Å². The predicted molar refractivity (Wildman–Crippen MR) is 137 cm³/mol. The molecule has 1 aromatic carbocycles. The molecule has 3 aromatic heterocycles. The van der Waals surface area contributed by atoms with Crippen LogP contribution in [0.1, 0.15) is 5.56 Å². The van der Waals surface area contributed by atoms with Crippen molar-refractivity contribution in [3.05, 3.63) is 73.9 Å². The van der Waals surface area contributed by atoms with Gasteiger partial charge < -0.3 is 4.90 Å². The third-order valence-electron chi connectivity index (χ3n) is 4.89. The molecule has 4 aromatic rings. The van der Waals surface area contributed by atoms with E-state index in [1.165, 1.54) is 22.1 Å². The minimum atomic E-state index is -0.251. The zero-order chi connectivity index (χ0) is 23.5. The van der Waals surface area contributed by atoms with Crippen molar-refractivity contribution in [1.29, 1.82) is 0 Å². The number of pyridine rings is 1. The molecule has 0 bridgehead atoms. The Hall–Kier alpha value is -2.78. The molecule has 0 unspecified atom stereocenters. The van der Waals surface area contributed by atoms with Crippen LogP contribution in [0.4, 0.5) is 0 Å². The van der Waals surface area contributed by atoms with Crippen molar-refractivity contribution in [3.63, 3.8) is 0 Å². The van der Waals surface area contributed by atoms with Gasteiger partial charge >= 0.3 is 0 Å². The van der Waals surface area contributed by atoms with Gasteiger partial charge in [-0.1, -0.05) is 23.2 Å². The van der Waals surface area contributed by atoms with Crippen molar-refractivity contribution in [3.8, 4) is 16.5 Å². The second-order valence-corrected chi connectivity index (χ2v) is 9.53. The number of hydrogen-bond donors (Lipinski definition) is 0. The number of benzene rings is 1. The van der Waals surface area contributed by atoms with Crippen molar-refractivity contribution < 1.29 is 0 Å². The van der Waals surface area contributed by atoms with E-state index < -0.39 is 0 Å². The molecule has 0 aliphatic carbocycles. The van der Waals surface area contributed by atoms with Gasteiger partial charge in [0.05, 0.1) is 27.0 Å². The molecular formula is C23H22Cl2N6OS. The Kier molecular flexibility index (Phi) is 7.09. The first kappa shape index (κ1) is 23.4. The number of hydrogen-bond acceptors (Lipinski definition) is 7. The summed E-state index contributed by atoms with van der Waals surface area (Å²) in [5.74, 6) is 0.927. The van der Waals surface area contributed by atoms with Crippen LogP contribution in [-0.2, 0) is 0 Å². The van der Waals surface area contributed by atoms with Gasteiger partial charge in [-0.3, -0.25) is 9.80 Å². The lowest BCUT2D eigenvalue weighted by molar-refractivity contribution is 0.293. The maximum atomic E-state index is 13.5. The van der Waals surface area contributed by atoms with Gasteiger partial charge in [0.2, 0.25) is 0 Å². The fraction of sp³-hybridized carbons (Fsp3) is 0.217. The fourth-order valence-corrected chi connectivity index (χ4v) is 4.26. The SMILES string of the molecule is CN(C)CCN(C)N=Cc1csc(-c2nc3ccc(Cl)cc3c(=O)n2-c2ccc(Cl)cn2)c1. The number of fused-ring (bicyclic) bond motifs is 1. The van der Waals surface area contributed by atoms with Crippen molar-refractivity contribution in [2.75, 3.05) is 34.2 Å². The van der Waals surface area contributed by atoms with Crippen LogP contribution in [-0.4, -0.2) is 64.9 Å². The Balaban J connectivity index is 1.77. The smallest absolute Gasteiger partial charge is 0.267 e. The Morgan fingerprint density at radius 3 is 2.61 bits per heavy atom. The van der Waals surface area contributed by atoms with Crippen LogP contribution >= 0.6 is 34.5 Å². The lowest BCUT2D eigenvalue weighted by Gasteiger charge is -2.15. The number of hydrazone groups is 1. The van der Waals surface area contributed by atoms with E-state index in [0.29, 0.717) is 32.6 Å². The molecule has 0 saturated heterocycles. The molecule has 7 nitrogen and oxygen atoms in total. The Morgan fingerprint density at radius 2 is 1.88 bits per heavy atom. The summed E-state index contributed by atoms with van der Waals surface area (Å²) in [5.41, 5.74) is 1.24. The second kappa shape index (κ2) is 10.0. The molecule has 0 amide bonds. The van der Waals surface area contributed by atoms with E-state index in [2.05, 4.69) is 15.0 Å². The van der Waals surface area contributed by atoms with Gasteiger partial charge in [-0.2, -0.15) is 5.10 Å². The molecule has 0 fully saturated rings. The molecule has 10 heteroatoms. The lowest BCUT2D eigenvalue weighted by atomic mass is 10.2. The zero-order valence-electron chi connectivity index (χ0n) is 18.4. The zero-order valence-corrected chi connectivity index (χ0v) is 20.7. The van der Waals surface area contributed by atoms with Gasteiger partial charge in [0.1, 0.15) is 5.82 Å². The van der Waals surface area contributed by atoms with E-state index in [0.717, 1.165) is 23.5 Å². The summed E-state index contributed by atoms with van der Waals surface area (Å²) < 4.78 is 1.49. The molecule has 4 rings (SSSR count). The summed E-state index contributed by atoms with van der Waals surface area (Å²) in [6.45, 7) is 1.73. The van der Waals surface area contributed by atoms with Crippen molar-refractivity contribution >= 4 is 51.7 Å². The van der Waals surface area contributed by atoms with E-state index in [1.54, 1.807) is 36.5 Å². The quantitative estimate of drug-likeness (QED) is 0.273. The van der Waals surface area contributed by atoms with Crippen LogP contribution in [0.2, 0.25) is 10.0 Å². The van der Waals surface area contributed by atoms with Crippen LogP contribution in [0, 0.1) is 0 Å². The normalized spacial score (nSPS) is 11.7. The average Bonchev–Trinajstić information content (AvgIpc) is 3.26. The van der Waals surface area contributed by atoms with Crippen molar-refractivity contribution in [2.24, 2.45) is 5.10 Å². The van der Waals surface area contributed by atoms with Gasteiger partial charge in [-0.25, -0.2) is 14.5 Å². The molecule has 0 radical (unpaired) electrons. The Labute approximate surface area is 205 Å². The monoisotopic (exact) mass is 500 g/mol. The first-order valence-electron chi connectivity index (χ1n) is 10.1. The van der Waals surface area contributed by atoms with E-state index in [1.807, 2.05) is 37.6 Å². The fourth-order valence-electron chi connectivity index (χ4n) is 3.14. The summed E-state index contributed by atoms with van der Waals surface area (Å²) >= 11 is 13.6. The topological polar surface area (TPSA) is 66.6 Å². The van der Waals surface area contributed by atoms with Crippen LogP contribution in [0.25, 0.3) is 27.4 Å². The molecule has 0 N–H and O–H groups in total. The number of halogens is 2. The first-order chi connectivity index (χ1) is 15.8. The number of aromatic nitrogens is 3. The molecule has 0 aliphatic rings. The average molecular weight is 501 g/mol. The largest absolute Gasteiger partial charge is 0.308 e. The molecule has 0 atom stereocenters. The lowest BCUT2D eigenvalue weighted by Crippen LogP contribution is -2.25. The summed E-state index contributed by atoms with van der Waals surface area (Å²) in [4.78, 5) is 25.5. The Morgan fingerprint density at radius 1 is 1.09 bits per heavy atom. The third-order valence-corrected chi connectivity index (χ3v) is 6.29. The highest BCUT2D eigenvalue weighted by Gasteiger charge is 2.17. The van der Waals surface area contributed by atoms with Gasteiger partial charge in [-0.15, -0.1) is 11.3 Å². The summed E-state index contributed by atoms with van der Waals surface area (Å²) in [7, 11) is 6.00. The maximum absolute atomic E-state index is 13.5. The molecule has 0 spiro atoms. The highest BCUT2D eigenvalue weighted by atomic mass is 35.5. The molecule has 0 aliphatic heterocycles. The van der Waals surface area contributed by atoms with Gasteiger partial charge in [0.25, 0.3) is 5.56 Å². The van der Waals surface area contributed by atoms with Crippen LogP contribution in [0.5, 0.6) is 0 Å². The van der Waals surface area contributed by atoms with E-state index in [-0.39, 0.29) is 5.56 Å².